The number of benzene rings is 2. The van der Waals surface area contributed by atoms with Gasteiger partial charge in [-0.3, -0.25) is 19.0 Å². The van der Waals surface area contributed by atoms with Crippen LogP contribution < -0.4 is 10.6 Å². The van der Waals surface area contributed by atoms with Crippen LogP contribution in [0, 0.1) is 13.8 Å². The summed E-state index contributed by atoms with van der Waals surface area (Å²) in [7, 11) is 1.68. The highest BCUT2D eigenvalue weighted by Gasteiger charge is 2.15. The van der Waals surface area contributed by atoms with Crippen LogP contribution in [-0.2, 0) is 24.8 Å². The molecule has 2 heterocycles. The van der Waals surface area contributed by atoms with E-state index in [1.807, 2.05) is 79.2 Å². The molecule has 4 aromatic rings. The lowest BCUT2D eigenvalue weighted by molar-refractivity contribution is -0.115. The van der Waals surface area contributed by atoms with Crippen LogP contribution in [0.3, 0.4) is 0 Å². The van der Waals surface area contributed by atoms with Gasteiger partial charge in [0.2, 0.25) is 5.91 Å². The predicted molar refractivity (Wildman–Crippen MR) is 127 cm³/mol. The number of anilines is 2. The fourth-order valence-electron chi connectivity index (χ4n) is 3.61. The van der Waals surface area contributed by atoms with Crippen LogP contribution in [0.1, 0.15) is 33.0 Å². The number of hydrogen-bond acceptors (Lipinski definition) is 4. The third kappa shape index (κ3) is 5.54. The summed E-state index contributed by atoms with van der Waals surface area (Å²) in [5, 5.41) is 14.4. The van der Waals surface area contributed by atoms with E-state index in [0.717, 1.165) is 22.5 Å². The Balaban J connectivity index is 1.41. The van der Waals surface area contributed by atoms with E-state index < -0.39 is 0 Å². The summed E-state index contributed by atoms with van der Waals surface area (Å²) >= 11 is 0. The Kier molecular flexibility index (Phi) is 6.35. The molecular weight excluding hydrogens is 416 g/mol. The Bertz CT molecular complexity index is 1290. The first-order valence-corrected chi connectivity index (χ1v) is 10.7. The van der Waals surface area contributed by atoms with E-state index in [0.29, 0.717) is 18.1 Å². The molecule has 2 N–H and O–H groups in total. The number of carbonyl (C=O) groups is 2. The molecule has 0 atom stereocenters. The molecule has 33 heavy (non-hydrogen) atoms. The van der Waals surface area contributed by atoms with Crippen molar-refractivity contribution in [3.05, 3.63) is 94.9 Å². The highest BCUT2D eigenvalue weighted by atomic mass is 16.2. The molecule has 0 fully saturated rings. The van der Waals surface area contributed by atoms with Crippen molar-refractivity contribution in [3.8, 4) is 0 Å². The zero-order valence-electron chi connectivity index (χ0n) is 18.9. The van der Waals surface area contributed by atoms with Gasteiger partial charge in [0, 0.05) is 24.5 Å². The minimum absolute atomic E-state index is 0.173. The van der Waals surface area contributed by atoms with E-state index in [4.69, 9.17) is 0 Å². The molecule has 2 aromatic carbocycles. The molecule has 168 valence electrons. The maximum Gasteiger partial charge on any atom is 0.276 e. The van der Waals surface area contributed by atoms with Gasteiger partial charge in [-0.1, -0.05) is 42.5 Å². The predicted octanol–water partition coefficient (Wildman–Crippen LogP) is 3.72. The normalized spacial score (nSPS) is 10.8. The van der Waals surface area contributed by atoms with E-state index in [9.17, 15) is 9.59 Å². The molecular formula is C25H26N6O2. The Morgan fingerprint density at radius 1 is 0.879 bits per heavy atom. The zero-order chi connectivity index (χ0) is 23.4. The fourth-order valence-corrected chi connectivity index (χ4v) is 3.61. The van der Waals surface area contributed by atoms with Crippen LogP contribution in [0.2, 0.25) is 0 Å². The van der Waals surface area contributed by atoms with Crippen LogP contribution >= 0.6 is 0 Å². The third-order valence-corrected chi connectivity index (χ3v) is 5.21. The summed E-state index contributed by atoms with van der Waals surface area (Å²) in [4.78, 5) is 25.1. The molecule has 0 aliphatic carbocycles. The Hall–Kier alpha value is -4.20. The Morgan fingerprint density at radius 2 is 1.64 bits per heavy atom. The van der Waals surface area contributed by atoms with Gasteiger partial charge in [-0.2, -0.15) is 10.2 Å². The van der Waals surface area contributed by atoms with Crippen molar-refractivity contribution in [3.63, 3.8) is 0 Å². The first kappa shape index (κ1) is 22.0. The second kappa shape index (κ2) is 9.52. The second-order valence-electron chi connectivity index (χ2n) is 7.99. The molecule has 4 rings (SSSR count). The van der Waals surface area contributed by atoms with E-state index in [2.05, 4.69) is 20.8 Å². The summed E-state index contributed by atoms with van der Waals surface area (Å²) in [5.41, 5.74) is 4.87. The number of amides is 2. The van der Waals surface area contributed by atoms with Crippen molar-refractivity contribution >= 4 is 23.3 Å². The van der Waals surface area contributed by atoms with Crippen molar-refractivity contribution in [2.75, 3.05) is 10.6 Å². The Morgan fingerprint density at radius 3 is 2.36 bits per heavy atom. The maximum absolute atomic E-state index is 12.8. The smallest absolute Gasteiger partial charge is 0.276 e. The zero-order valence-corrected chi connectivity index (χ0v) is 18.9. The molecule has 2 aromatic heterocycles. The van der Waals surface area contributed by atoms with Crippen molar-refractivity contribution in [2.45, 2.75) is 26.8 Å². The second-order valence-corrected chi connectivity index (χ2v) is 7.99. The largest absolute Gasteiger partial charge is 0.321 e. The maximum atomic E-state index is 12.8. The Labute approximate surface area is 192 Å². The van der Waals surface area contributed by atoms with Crippen molar-refractivity contribution < 1.29 is 9.59 Å². The van der Waals surface area contributed by atoms with Crippen LogP contribution in [-0.4, -0.2) is 31.4 Å². The summed E-state index contributed by atoms with van der Waals surface area (Å²) in [6.07, 6.45) is 0.246. The first-order valence-electron chi connectivity index (χ1n) is 10.7. The van der Waals surface area contributed by atoms with Crippen molar-refractivity contribution in [1.82, 2.24) is 19.6 Å². The molecule has 0 radical (unpaired) electrons. The molecule has 0 spiro atoms. The minimum Gasteiger partial charge on any atom is -0.321 e. The molecule has 0 aliphatic heterocycles. The number of carbonyl (C=O) groups excluding carboxylic acids is 2. The van der Waals surface area contributed by atoms with Gasteiger partial charge in [0.25, 0.3) is 5.91 Å². The quantitative estimate of drug-likeness (QED) is 0.456. The van der Waals surface area contributed by atoms with E-state index in [-0.39, 0.29) is 23.9 Å². The molecule has 2 amide bonds. The summed E-state index contributed by atoms with van der Waals surface area (Å²) < 4.78 is 3.41. The van der Waals surface area contributed by atoms with Crippen LogP contribution in [0.25, 0.3) is 0 Å². The minimum atomic E-state index is -0.350. The number of hydrogen-bond donors (Lipinski definition) is 2. The molecule has 0 aliphatic rings. The average Bonchev–Trinajstić information content (AvgIpc) is 3.29. The first-order chi connectivity index (χ1) is 15.9. The van der Waals surface area contributed by atoms with Crippen LogP contribution in [0.4, 0.5) is 11.5 Å². The van der Waals surface area contributed by atoms with Gasteiger partial charge in [0.1, 0.15) is 5.82 Å². The lowest BCUT2D eigenvalue weighted by Gasteiger charge is -2.08. The SMILES string of the molecule is Cc1cc(C)n(Cc2cccc(NC(=O)c3cc(NC(=O)Cc4ccccc4)n(C)n3)c2)n1. The van der Waals surface area contributed by atoms with Crippen molar-refractivity contribution in [2.24, 2.45) is 7.05 Å². The lowest BCUT2D eigenvalue weighted by Crippen LogP contribution is -2.16. The topological polar surface area (TPSA) is 93.8 Å². The molecule has 0 bridgehead atoms. The summed E-state index contributed by atoms with van der Waals surface area (Å²) in [5.74, 6) is -0.0650. The number of rotatable bonds is 7. The van der Waals surface area contributed by atoms with Gasteiger partial charge in [-0.25, -0.2) is 0 Å². The van der Waals surface area contributed by atoms with Gasteiger partial charge < -0.3 is 10.6 Å². The number of aryl methyl sites for hydroxylation is 3. The van der Waals surface area contributed by atoms with Gasteiger partial charge in [0.05, 0.1) is 18.7 Å². The highest BCUT2D eigenvalue weighted by molar-refractivity contribution is 6.04. The van der Waals surface area contributed by atoms with Gasteiger partial charge in [0.15, 0.2) is 5.69 Å². The molecule has 0 saturated carbocycles. The van der Waals surface area contributed by atoms with E-state index >= 15 is 0 Å². The van der Waals surface area contributed by atoms with E-state index in [1.165, 1.54) is 4.68 Å². The number of nitrogens with zero attached hydrogens (tertiary/aromatic N) is 4. The number of nitrogens with one attached hydrogen (secondary N) is 2. The fraction of sp³-hybridized carbons (Fsp3) is 0.200. The standard InChI is InChI=1S/C25H26N6O2/c1-17-12-18(2)31(28-17)16-20-10-7-11-21(13-20)26-25(33)22-15-23(30(3)29-22)27-24(32)14-19-8-5-4-6-9-19/h4-13,15H,14,16H2,1-3H3,(H,26,33)(H,27,32). The van der Waals surface area contributed by atoms with Gasteiger partial charge in [-0.15, -0.1) is 0 Å². The molecule has 0 saturated heterocycles. The van der Waals surface area contributed by atoms with Gasteiger partial charge in [-0.05, 0) is 43.2 Å². The van der Waals surface area contributed by atoms with Crippen LogP contribution in [0.5, 0.6) is 0 Å². The average molecular weight is 443 g/mol. The summed E-state index contributed by atoms with van der Waals surface area (Å²) in [6.45, 7) is 4.60. The molecule has 8 nitrogen and oxygen atoms in total. The third-order valence-electron chi connectivity index (χ3n) is 5.21. The molecule has 8 heteroatoms. The monoisotopic (exact) mass is 442 g/mol. The van der Waals surface area contributed by atoms with Crippen LogP contribution in [0.15, 0.2) is 66.7 Å². The molecule has 0 unspecified atom stereocenters. The highest BCUT2D eigenvalue weighted by Crippen LogP contribution is 2.16. The van der Waals surface area contributed by atoms with E-state index in [1.54, 1.807) is 13.1 Å². The number of aromatic nitrogens is 4. The van der Waals surface area contributed by atoms with Gasteiger partial charge >= 0.3 is 0 Å². The van der Waals surface area contributed by atoms with Crippen molar-refractivity contribution in [1.29, 1.82) is 0 Å². The lowest BCUT2D eigenvalue weighted by atomic mass is 10.1. The summed E-state index contributed by atoms with van der Waals surface area (Å²) in [6, 6.07) is 20.7.